The molecule has 1 heterocycles. The number of nitrogens with two attached hydrogens (primary N) is 1. The van der Waals surface area contributed by atoms with Gasteiger partial charge in [0.2, 0.25) is 0 Å². The van der Waals surface area contributed by atoms with E-state index >= 15 is 0 Å². The molecule has 1 aromatic heterocycles. The van der Waals surface area contributed by atoms with Gasteiger partial charge < -0.3 is 11.1 Å². The van der Waals surface area contributed by atoms with Gasteiger partial charge in [-0.3, -0.25) is 0 Å². The molecule has 0 aliphatic heterocycles. The van der Waals surface area contributed by atoms with Crippen LogP contribution in [0.15, 0.2) is 6.20 Å². The van der Waals surface area contributed by atoms with E-state index in [1.54, 1.807) is 11.3 Å². The van der Waals surface area contributed by atoms with Crippen LogP contribution in [-0.4, -0.2) is 18.1 Å². The molecule has 0 amide bonds. The maximum Gasteiger partial charge on any atom is 0.109 e. The Morgan fingerprint density at radius 1 is 1.44 bits per heavy atom. The zero-order valence-electron chi connectivity index (χ0n) is 11.9. The fourth-order valence-corrected chi connectivity index (χ4v) is 2.96. The molecule has 0 fully saturated rings. The van der Waals surface area contributed by atoms with Gasteiger partial charge in [0, 0.05) is 11.1 Å². The highest BCUT2D eigenvalue weighted by atomic mass is 32.1. The van der Waals surface area contributed by atoms with E-state index < -0.39 is 0 Å². The molecule has 0 saturated heterocycles. The van der Waals surface area contributed by atoms with Gasteiger partial charge in [-0.25, -0.2) is 4.98 Å². The SMILES string of the molecule is CCC(CCN)CCCNC(C)c1ncc(C)s1. The van der Waals surface area contributed by atoms with E-state index in [0.29, 0.717) is 6.04 Å². The van der Waals surface area contributed by atoms with Gasteiger partial charge in [-0.1, -0.05) is 13.3 Å². The van der Waals surface area contributed by atoms with Crippen LogP contribution in [0.1, 0.15) is 55.5 Å². The van der Waals surface area contributed by atoms with Crippen LogP contribution in [0.25, 0.3) is 0 Å². The molecule has 0 aliphatic carbocycles. The Morgan fingerprint density at radius 3 is 2.78 bits per heavy atom. The van der Waals surface area contributed by atoms with Crippen molar-refractivity contribution >= 4 is 11.3 Å². The van der Waals surface area contributed by atoms with Crippen molar-refractivity contribution in [3.63, 3.8) is 0 Å². The van der Waals surface area contributed by atoms with Gasteiger partial charge in [0.15, 0.2) is 0 Å². The molecule has 2 atom stereocenters. The summed E-state index contributed by atoms with van der Waals surface area (Å²) >= 11 is 1.78. The van der Waals surface area contributed by atoms with Crippen LogP contribution in [0.4, 0.5) is 0 Å². The van der Waals surface area contributed by atoms with Gasteiger partial charge in [-0.2, -0.15) is 0 Å². The maximum absolute atomic E-state index is 5.61. The van der Waals surface area contributed by atoms with E-state index in [2.05, 4.69) is 31.1 Å². The number of aryl methyl sites for hydroxylation is 1. The Hall–Kier alpha value is -0.450. The van der Waals surface area contributed by atoms with Crippen molar-refractivity contribution in [1.29, 1.82) is 0 Å². The number of hydrogen-bond acceptors (Lipinski definition) is 4. The summed E-state index contributed by atoms with van der Waals surface area (Å²) < 4.78 is 0. The zero-order valence-corrected chi connectivity index (χ0v) is 12.7. The molecule has 1 rings (SSSR count). The molecule has 1 aromatic rings. The topological polar surface area (TPSA) is 50.9 Å². The Morgan fingerprint density at radius 2 is 2.22 bits per heavy atom. The van der Waals surface area contributed by atoms with Gasteiger partial charge in [0.1, 0.15) is 5.01 Å². The number of aromatic nitrogens is 1. The van der Waals surface area contributed by atoms with Crippen molar-refractivity contribution in [2.75, 3.05) is 13.1 Å². The lowest BCUT2D eigenvalue weighted by Crippen LogP contribution is -2.20. The van der Waals surface area contributed by atoms with E-state index in [9.17, 15) is 0 Å². The lowest BCUT2D eigenvalue weighted by Gasteiger charge is -2.15. The molecule has 0 aromatic carbocycles. The second kappa shape index (κ2) is 8.62. The van der Waals surface area contributed by atoms with Crippen LogP contribution in [0.2, 0.25) is 0 Å². The standard InChI is InChI=1S/C14H27N3S/c1-4-13(7-8-15)6-5-9-16-12(3)14-17-10-11(2)18-14/h10,12-13,16H,4-9,15H2,1-3H3. The van der Waals surface area contributed by atoms with Crippen molar-refractivity contribution in [3.05, 3.63) is 16.1 Å². The fraction of sp³-hybridized carbons (Fsp3) is 0.786. The second-order valence-corrected chi connectivity index (χ2v) is 6.25. The van der Waals surface area contributed by atoms with Crippen LogP contribution in [-0.2, 0) is 0 Å². The van der Waals surface area contributed by atoms with Crippen LogP contribution in [0.5, 0.6) is 0 Å². The minimum atomic E-state index is 0.373. The van der Waals surface area contributed by atoms with Gasteiger partial charge in [0.05, 0.1) is 6.04 Å². The molecule has 104 valence electrons. The summed E-state index contributed by atoms with van der Waals surface area (Å²) in [4.78, 5) is 5.70. The van der Waals surface area contributed by atoms with Crippen LogP contribution < -0.4 is 11.1 Å². The average Bonchev–Trinajstić information content (AvgIpc) is 2.79. The molecule has 0 spiro atoms. The van der Waals surface area contributed by atoms with E-state index in [1.807, 2.05) is 6.20 Å². The third-order valence-corrected chi connectivity index (χ3v) is 4.50. The number of nitrogens with one attached hydrogen (secondary N) is 1. The van der Waals surface area contributed by atoms with E-state index in [-0.39, 0.29) is 0 Å². The molecule has 3 nitrogen and oxygen atoms in total. The Bertz CT molecular complexity index is 325. The van der Waals surface area contributed by atoms with Gasteiger partial charge >= 0.3 is 0 Å². The van der Waals surface area contributed by atoms with Crippen LogP contribution in [0, 0.1) is 12.8 Å². The first-order valence-electron chi connectivity index (χ1n) is 7.03. The smallest absolute Gasteiger partial charge is 0.109 e. The summed E-state index contributed by atoms with van der Waals surface area (Å²) in [5.41, 5.74) is 5.61. The highest BCUT2D eigenvalue weighted by molar-refractivity contribution is 7.11. The van der Waals surface area contributed by atoms with Crippen LogP contribution >= 0.6 is 11.3 Å². The van der Waals surface area contributed by atoms with Gasteiger partial charge in [-0.15, -0.1) is 11.3 Å². The van der Waals surface area contributed by atoms with Crippen molar-refractivity contribution in [3.8, 4) is 0 Å². The normalized spacial score (nSPS) is 14.7. The summed E-state index contributed by atoms with van der Waals surface area (Å²) in [5, 5.41) is 4.75. The number of rotatable bonds is 9. The third-order valence-electron chi connectivity index (χ3n) is 3.40. The van der Waals surface area contributed by atoms with Gasteiger partial charge in [-0.05, 0) is 52.1 Å². The molecule has 0 saturated carbocycles. The third kappa shape index (κ3) is 5.46. The monoisotopic (exact) mass is 269 g/mol. The molecule has 0 radical (unpaired) electrons. The van der Waals surface area contributed by atoms with Crippen molar-refractivity contribution in [1.82, 2.24) is 10.3 Å². The highest BCUT2D eigenvalue weighted by Gasteiger charge is 2.09. The van der Waals surface area contributed by atoms with Crippen LogP contribution in [0.3, 0.4) is 0 Å². The van der Waals surface area contributed by atoms with E-state index in [4.69, 9.17) is 5.73 Å². The predicted molar refractivity (Wildman–Crippen MR) is 80.0 cm³/mol. The minimum absolute atomic E-state index is 0.373. The molecular formula is C14H27N3S. The summed E-state index contributed by atoms with van der Waals surface area (Å²) in [6.07, 6.45) is 6.88. The number of nitrogens with zero attached hydrogens (tertiary/aromatic N) is 1. The predicted octanol–water partition coefficient (Wildman–Crippen LogP) is 3.26. The first kappa shape index (κ1) is 15.6. The molecule has 4 heteroatoms. The molecule has 2 unspecified atom stereocenters. The summed E-state index contributed by atoms with van der Waals surface area (Å²) in [5.74, 6) is 0.800. The zero-order chi connectivity index (χ0) is 13.4. The Balaban J connectivity index is 2.17. The number of hydrogen-bond donors (Lipinski definition) is 2. The quantitative estimate of drug-likeness (QED) is 0.677. The first-order chi connectivity index (χ1) is 8.67. The lowest BCUT2D eigenvalue weighted by atomic mass is 9.97. The largest absolute Gasteiger partial charge is 0.330 e. The van der Waals surface area contributed by atoms with E-state index in [0.717, 1.165) is 25.4 Å². The lowest BCUT2D eigenvalue weighted by molar-refractivity contribution is 0.415. The summed E-state index contributed by atoms with van der Waals surface area (Å²) in [6.45, 7) is 8.44. The Labute approximate surface area is 115 Å². The van der Waals surface area contributed by atoms with Crippen molar-refractivity contribution in [2.24, 2.45) is 11.7 Å². The van der Waals surface area contributed by atoms with E-state index in [1.165, 1.54) is 29.1 Å². The maximum atomic E-state index is 5.61. The second-order valence-electron chi connectivity index (χ2n) is 4.98. The van der Waals surface area contributed by atoms with Gasteiger partial charge in [0.25, 0.3) is 0 Å². The molecule has 3 N–H and O–H groups in total. The number of thiazole rings is 1. The van der Waals surface area contributed by atoms with Crippen molar-refractivity contribution < 1.29 is 0 Å². The summed E-state index contributed by atoms with van der Waals surface area (Å²) in [6, 6.07) is 0.373. The molecular weight excluding hydrogens is 242 g/mol. The minimum Gasteiger partial charge on any atom is -0.330 e. The average molecular weight is 269 g/mol. The molecule has 0 aliphatic rings. The molecule has 0 bridgehead atoms. The van der Waals surface area contributed by atoms with Crippen molar-refractivity contribution in [2.45, 2.75) is 52.5 Å². The first-order valence-corrected chi connectivity index (χ1v) is 7.84. The fourth-order valence-electron chi connectivity index (χ4n) is 2.16. The summed E-state index contributed by atoms with van der Waals surface area (Å²) in [7, 11) is 0. The Kier molecular flexibility index (Phi) is 7.47. The molecule has 18 heavy (non-hydrogen) atoms. The highest BCUT2D eigenvalue weighted by Crippen LogP contribution is 2.19.